The van der Waals surface area contributed by atoms with Crippen LogP contribution in [0.4, 0.5) is 5.69 Å². The number of hydrazone groups is 1. The molecule has 0 aliphatic carbocycles. The summed E-state index contributed by atoms with van der Waals surface area (Å²) in [7, 11) is -3.51. The van der Waals surface area contributed by atoms with E-state index in [4.69, 9.17) is 17.0 Å². The number of anilines is 1. The van der Waals surface area contributed by atoms with Crippen molar-refractivity contribution in [2.24, 2.45) is 5.10 Å². The zero-order chi connectivity index (χ0) is 20.9. The third-order valence-corrected chi connectivity index (χ3v) is 7.11. The zero-order valence-corrected chi connectivity index (χ0v) is 19.0. The van der Waals surface area contributed by atoms with Crippen LogP contribution in [0, 0.1) is 0 Å². The summed E-state index contributed by atoms with van der Waals surface area (Å²) >= 11 is 8.76. The normalized spacial score (nSPS) is 15.7. The predicted molar refractivity (Wildman–Crippen MR) is 122 cm³/mol. The second-order valence-electron chi connectivity index (χ2n) is 6.28. The topological polar surface area (TPSA) is 83.0 Å². The van der Waals surface area contributed by atoms with Crippen molar-refractivity contribution in [3.8, 4) is 0 Å². The van der Waals surface area contributed by atoms with Crippen molar-refractivity contribution in [3.63, 3.8) is 0 Å². The number of morpholine rings is 1. The summed E-state index contributed by atoms with van der Waals surface area (Å²) in [6.45, 7) is 3.44. The first-order valence-corrected chi connectivity index (χ1v) is 11.6. The lowest BCUT2D eigenvalue weighted by molar-refractivity contribution is 0.0730. The van der Waals surface area contributed by atoms with Gasteiger partial charge in [0.25, 0.3) is 0 Å². The predicted octanol–water partition coefficient (Wildman–Crippen LogP) is 3.18. The maximum atomic E-state index is 12.7. The van der Waals surface area contributed by atoms with E-state index in [-0.39, 0.29) is 4.90 Å². The average Bonchev–Trinajstić information content (AvgIpc) is 2.73. The average molecular weight is 497 g/mol. The van der Waals surface area contributed by atoms with Crippen LogP contribution < -0.4 is 10.7 Å². The Balaban J connectivity index is 1.61. The zero-order valence-electron chi connectivity index (χ0n) is 15.8. The summed E-state index contributed by atoms with van der Waals surface area (Å²) in [6, 6.07) is 14.2. The van der Waals surface area contributed by atoms with Crippen LogP contribution in [0.5, 0.6) is 0 Å². The molecule has 0 bridgehead atoms. The Kier molecular flexibility index (Phi) is 7.36. The molecule has 2 N–H and O–H groups in total. The van der Waals surface area contributed by atoms with E-state index in [0.717, 1.165) is 15.7 Å². The van der Waals surface area contributed by atoms with Crippen molar-refractivity contribution >= 4 is 54.7 Å². The van der Waals surface area contributed by atoms with E-state index in [2.05, 4.69) is 31.8 Å². The lowest BCUT2D eigenvalue weighted by atomic mass is 10.1. The molecule has 2 aromatic rings. The van der Waals surface area contributed by atoms with E-state index in [1.807, 2.05) is 31.2 Å². The highest BCUT2D eigenvalue weighted by Gasteiger charge is 2.26. The van der Waals surface area contributed by atoms with Crippen LogP contribution in [0.25, 0.3) is 0 Å². The molecule has 29 heavy (non-hydrogen) atoms. The van der Waals surface area contributed by atoms with Crippen LogP contribution in [0.15, 0.2) is 63.0 Å². The Morgan fingerprint density at radius 1 is 1.14 bits per heavy atom. The van der Waals surface area contributed by atoms with Gasteiger partial charge in [-0.25, -0.2) is 8.42 Å². The van der Waals surface area contributed by atoms with Gasteiger partial charge in [-0.2, -0.15) is 9.41 Å². The SMILES string of the molecule is C/C(=N\NC(=S)Nc1ccc(S(=O)(=O)N2CCOCC2)cc1)c1ccccc1Br. The maximum Gasteiger partial charge on any atom is 0.243 e. The molecule has 10 heteroatoms. The molecule has 0 spiro atoms. The fourth-order valence-corrected chi connectivity index (χ4v) is 4.90. The second-order valence-corrected chi connectivity index (χ2v) is 9.48. The number of hydrogen-bond acceptors (Lipinski definition) is 5. The lowest BCUT2D eigenvalue weighted by Gasteiger charge is -2.26. The highest BCUT2D eigenvalue weighted by Crippen LogP contribution is 2.19. The van der Waals surface area contributed by atoms with Crippen LogP contribution in [0.1, 0.15) is 12.5 Å². The Bertz CT molecular complexity index is 1000. The molecule has 0 aromatic heterocycles. The molecule has 1 aliphatic rings. The number of rotatable bonds is 5. The van der Waals surface area contributed by atoms with Crippen molar-refractivity contribution in [2.75, 3.05) is 31.6 Å². The Morgan fingerprint density at radius 2 is 1.79 bits per heavy atom. The van der Waals surface area contributed by atoms with Crippen molar-refractivity contribution in [1.29, 1.82) is 0 Å². The molecule has 1 fully saturated rings. The molecule has 1 saturated heterocycles. The quantitative estimate of drug-likeness (QED) is 0.375. The van der Waals surface area contributed by atoms with E-state index in [1.165, 1.54) is 4.31 Å². The van der Waals surface area contributed by atoms with Gasteiger partial charge in [0.15, 0.2) is 5.11 Å². The summed E-state index contributed by atoms with van der Waals surface area (Å²) in [6.07, 6.45) is 0. The van der Waals surface area contributed by atoms with E-state index >= 15 is 0 Å². The first kappa shape index (κ1) is 21.8. The van der Waals surface area contributed by atoms with Gasteiger partial charge in [-0.3, -0.25) is 5.43 Å². The number of benzene rings is 2. The summed E-state index contributed by atoms with van der Waals surface area (Å²) in [5, 5.41) is 7.59. The number of nitrogens with one attached hydrogen (secondary N) is 2. The van der Waals surface area contributed by atoms with Crippen LogP contribution in [0.3, 0.4) is 0 Å². The van der Waals surface area contributed by atoms with Gasteiger partial charge >= 0.3 is 0 Å². The Morgan fingerprint density at radius 3 is 2.45 bits per heavy atom. The van der Waals surface area contributed by atoms with Gasteiger partial charge in [0.1, 0.15) is 0 Å². The van der Waals surface area contributed by atoms with Crippen LogP contribution in [-0.2, 0) is 14.8 Å². The lowest BCUT2D eigenvalue weighted by Crippen LogP contribution is -2.40. The molecule has 2 aromatic carbocycles. The van der Waals surface area contributed by atoms with Gasteiger partial charge in [0, 0.05) is 28.8 Å². The molecule has 1 aliphatic heterocycles. The largest absolute Gasteiger partial charge is 0.379 e. The molecule has 0 amide bonds. The molecule has 0 unspecified atom stereocenters. The second kappa shape index (κ2) is 9.77. The van der Waals surface area contributed by atoms with Gasteiger partial charge < -0.3 is 10.1 Å². The van der Waals surface area contributed by atoms with E-state index in [1.54, 1.807) is 24.3 Å². The first-order valence-electron chi connectivity index (χ1n) is 8.92. The summed E-state index contributed by atoms with van der Waals surface area (Å²) in [5.41, 5.74) is 5.19. The standard InChI is InChI=1S/C19H21BrN4O3S2/c1-14(17-4-2-3-5-18(17)20)22-23-19(28)21-15-6-8-16(9-7-15)29(25,26)24-10-12-27-13-11-24/h2-9H,10-13H2,1H3,(H2,21,23,28)/b22-14+. The van der Waals surface area contributed by atoms with Crippen molar-refractivity contribution in [1.82, 2.24) is 9.73 Å². The molecule has 0 atom stereocenters. The van der Waals surface area contributed by atoms with Gasteiger partial charge in [-0.1, -0.05) is 34.1 Å². The smallest absolute Gasteiger partial charge is 0.243 e. The number of hydrogen-bond donors (Lipinski definition) is 2. The number of thiocarbonyl (C=S) groups is 1. The summed E-state index contributed by atoms with van der Waals surface area (Å²) in [5.74, 6) is 0. The minimum absolute atomic E-state index is 0.242. The van der Waals surface area contributed by atoms with Gasteiger partial charge in [0.2, 0.25) is 10.0 Å². The molecule has 7 nitrogen and oxygen atoms in total. The van der Waals surface area contributed by atoms with Crippen molar-refractivity contribution < 1.29 is 13.2 Å². The van der Waals surface area contributed by atoms with Crippen LogP contribution in [0.2, 0.25) is 0 Å². The fourth-order valence-electron chi connectivity index (χ4n) is 2.75. The molecular weight excluding hydrogens is 476 g/mol. The Hall–Kier alpha value is -1.85. The summed E-state index contributed by atoms with van der Waals surface area (Å²) in [4.78, 5) is 0.242. The van der Waals surface area contributed by atoms with Gasteiger partial charge in [0.05, 0.1) is 23.8 Å². The third kappa shape index (κ3) is 5.61. The first-order chi connectivity index (χ1) is 13.9. The number of halogens is 1. The van der Waals surface area contributed by atoms with E-state index in [0.29, 0.717) is 37.1 Å². The van der Waals surface area contributed by atoms with E-state index < -0.39 is 10.0 Å². The van der Waals surface area contributed by atoms with Gasteiger partial charge in [-0.05, 0) is 49.5 Å². The minimum Gasteiger partial charge on any atom is -0.379 e. The highest BCUT2D eigenvalue weighted by molar-refractivity contribution is 9.10. The number of nitrogens with zero attached hydrogens (tertiary/aromatic N) is 2. The van der Waals surface area contributed by atoms with E-state index in [9.17, 15) is 8.42 Å². The molecule has 0 saturated carbocycles. The monoisotopic (exact) mass is 496 g/mol. The van der Waals surface area contributed by atoms with Gasteiger partial charge in [-0.15, -0.1) is 0 Å². The third-order valence-electron chi connectivity index (χ3n) is 4.31. The minimum atomic E-state index is -3.51. The maximum absolute atomic E-state index is 12.7. The van der Waals surface area contributed by atoms with Crippen molar-refractivity contribution in [3.05, 3.63) is 58.6 Å². The molecule has 1 heterocycles. The molecular formula is C19H21BrN4O3S2. The summed E-state index contributed by atoms with van der Waals surface area (Å²) < 4.78 is 32.9. The Labute approximate surface area is 184 Å². The highest BCUT2D eigenvalue weighted by atomic mass is 79.9. The number of ether oxygens (including phenoxy) is 1. The van der Waals surface area contributed by atoms with Crippen LogP contribution >= 0.6 is 28.1 Å². The molecule has 3 rings (SSSR count). The van der Waals surface area contributed by atoms with Crippen LogP contribution in [-0.4, -0.2) is 49.9 Å². The molecule has 0 radical (unpaired) electrons. The molecule has 154 valence electrons. The number of sulfonamides is 1. The fraction of sp³-hybridized carbons (Fsp3) is 0.263. The van der Waals surface area contributed by atoms with Crippen molar-refractivity contribution in [2.45, 2.75) is 11.8 Å².